The number of nitrogens with zero attached hydrogens (tertiary/aromatic N) is 2. The Morgan fingerprint density at radius 1 is 1.30 bits per heavy atom. The van der Waals surface area contributed by atoms with Gasteiger partial charge in [-0.2, -0.15) is 0 Å². The van der Waals surface area contributed by atoms with Crippen LogP contribution in [0.2, 0.25) is 0 Å². The van der Waals surface area contributed by atoms with Crippen LogP contribution in [0.3, 0.4) is 0 Å². The van der Waals surface area contributed by atoms with Crippen molar-refractivity contribution in [2.75, 3.05) is 12.3 Å². The lowest BCUT2D eigenvalue weighted by Gasteiger charge is -2.21. The number of nitrogens with two attached hydrogens (primary N) is 1. The zero-order valence-electron chi connectivity index (χ0n) is 15.6. The van der Waals surface area contributed by atoms with Crippen LogP contribution in [0.25, 0.3) is 0 Å². The van der Waals surface area contributed by atoms with Gasteiger partial charge in [0.05, 0.1) is 11.9 Å². The minimum atomic E-state index is -0.652. The molecule has 1 aromatic carbocycles. The number of nitrogens with one attached hydrogen (secondary N) is 2. The Balaban J connectivity index is 2.25. The van der Waals surface area contributed by atoms with Gasteiger partial charge in [-0.05, 0) is 12.0 Å². The maximum absolute atomic E-state index is 13.0. The molecule has 0 bridgehead atoms. The molecule has 0 saturated carbocycles. The lowest BCUT2D eigenvalue weighted by atomic mass is 10.1. The molecule has 1 aromatic heterocycles. The van der Waals surface area contributed by atoms with Crippen LogP contribution in [0.4, 0.5) is 5.82 Å². The normalized spacial score (nSPS) is 11.7. The van der Waals surface area contributed by atoms with Crippen molar-refractivity contribution in [2.24, 2.45) is 0 Å². The largest absolute Gasteiger partial charge is 0.383 e. The quantitative estimate of drug-likeness (QED) is 0.328. The predicted molar refractivity (Wildman–Crippen MR) is 112 cm³/mol. The molecule has 144 valence electrons. The molecule has 0 aliphatic heterocycles. The number of aromatic nitrogens is 2. The summed E-state index contributed by atoms with van der Waals surface area (Å²) in [4.78, 5) is 17.1. The van der Waals surface area contributed by atoms with E-state index in [2.05, 4.69) is 17.2 Å². The van der Waals surface area contributed by atoms with Gasteiger partial charge < -0.3 is 21.0 Å². The summed E-state index contributed by atoms with van der Waals surface area (Å²) in [5.74, 6) is 0.0460. The Morgan fingerprint density at radius 3 is 2.67 bits per heavy atom. The van der Waals surface area contributed by atoms with Gasteiger partial charge >= 0.3 is 0 Å². The first-order chi connectivity index (χ1) is 13.1. The number of anilines is 1. The number of benzene rings is 1. The summed E-state index contributed by atoms with van der Waals surface area (Å²) < 4.78 is 1.93. The summed E-state index contributed by atoms with van der Waals surface area (Å²) >= 11 is 5.47. The highest BCUT2D eigenvalue weighted by Gasteiger charge is 2.23. The summed E-state index contributed by atoms with van der Waals surface area (Å²) in [6.45, 7) is 2.80. The highest BCUT2D eigenvalue weighted by molar-refractivity contribution is 7.71. The Kier molecular flexibility index (Phi) is 8.13. The summed E-state index contributed by atoms with van der Waals surface area (Å²) in [5.41, 5.74) is 6.96. The number of carbonyl (C=O) groups is 1. The van der Waals surface area contributed by atoms with E-state index in [1.54, 1.807) is 4.57 Å². The molecule has 0 saturated heterocycles. The SMILES string of the molecule is CCCCCCCNC(=O)C(c1ccccc1)n1cnc(N)c(C=N)c1=S. The average Bonchev–Trinajstić information content (AvgIpc) is 2.68. The Morgan fingerprint density at radius 2 is 2.00 bits per heavy atom. The maximum Gasteiger partial charge on any atom is 0.247 e. The molecule has 1 amide bonds. The fourth-order valence-electron chi connectivity index (χ4n) is 2.93. The standard InChI is InChI=1S/C20H27N5OS/c1-2-3-4-5-9-12-23-19(26)17(15-10-7-6-8-11-15)25-14-24-18(22)16(13-21)20(25)27/h6-8,10-11,13-14,17,21H,2-5,9,12,22H2,1H3,(H,23,26). The van der Waals surface area contributed by atoms with Crippen molar-refractivity contribution in [1.29, 1.82) is 5.41 Å². The zero-order valence-corrected chi connectivity index (χ0v) is 16.5. The van der Waals surface area contributed by atoms with Gasteiger partial charge in [0, 0.05) is 12.8 Å². The molecule has 4 N–H and O–H groups in total. The fraction of sp³-hybridized carbons (Fsp3) is 0.400. The molecule has 1 unspecified atom stereocenters. The highest BCUT2D eigenvalue weighted by Crippen LogP contribution is 2.21. The highest BCUT2D eigenvalue weighted by atomic mass is 32.1. The van der Waals surface area contributed by atoms with Crippen molar-refractivity contribution in [3.8, 4) is 0 Å². The summed E-state index contributed by atoms with van der Waals surface area (Å²) in [5, 5.41) is 10.6. The molecule has 0 spiro atoms. The van der Waals surface area contributed by atoms with Crippen molar-refractivity contribution in [1.82, 2.24) is 14.9 Å². The van der Waals surface area contributed by atoms with E-state index in [1.165, 1.54) is 25.6 Å². The first-order valence-corrected chi connectivity index (χ1v) is 9.70. The van der Waals surface area contributed by atoms with Crippen LogP contribution >= 0.6 is 12.2 Å². The van der Waals surface area contributed by atoms with Gasteiger partial charge in [-0.25, -0.2) is 4.98 Å². The molecule has 0 aliphatic carbocycles. The number of carbonyl (C=O) groups excluding carboxylic acids is 1. The van der Waals surface area contributed by atoms with E-state index in [1.807, 2.05) is 30.3 Å². The second-order valence-corrected chi connectivity index (χ2v) is 6.81. The number of hydrogen-bond acceptors (Lipinski definition) is 5. The summed E-state index contributed by atoms with van der Waals surface area (Å²) in [7, 11) is 0. The van der Waals surface area contributed by atoms with Crippen molar-refractivity contribution >= 4 is 30.2 Å². The molecular formula is C20H27N5OS. The minimum Gasteiger partial charge on any atom is -0.383 e. The van der Waals surface area contributed by atoms with Gasteiger partial charge in [0.15, 0.2) is 0 Å². The van der Waals surface area contributed by atoms with Crippen LogP contribution < -0.4 is 11.1 Å². The molecule has 6 nitrogen and oxygen atoms in total. The molecular weight excluding hydrogens is 358 g/mol. The van der Waals surface area contributed by atoms with Crippen molar-refractivity contribution in [3.05, 3.63) is 52.4 Å². The summed E-state index contributed by atoms with van der Waals surface area (Å²) in [6, 6.07) is 8.77. The van der Waals surface area contributed by atoms with Crippen molar-refractivity contribution < 1.29 is 4.79 Å². The third-order valence-electron chi connectivity index (χ3n) is 4.43. The number of nitrogen functional groups attached to an aromatic ring is 1. The average molecular weight is 386 g/mol. The maximum atomic E-state index is 13.0. The van der Waals surface area contributed by atoms with Gasteiger partial charge in [-0.15, -0.1) is 0 Å². The molecule has 2 rings (SSSR count). The van der Waals surface area contributed by atoms with Crippen LogP contribution in [-0.4, -0.2) is 28.2 Å². The third kappa shape index (κ3) is 5.47. The number of amides is 1. The lowest BCUT2D eigenvalue weighted by Crippen LogP contribution is -2.34. The van der Waals surface area contributed by atoms with Crippen molar-refractivity contribution in [2.45, 2.75) is 45.1 Å². The molecule has 7 heteroatoms. The molecule has 27 heavy (non-hydrogen) atoms. The number of hydrogen-bond donors (Lipinski definition) is 3. The molecule has 1 atom stereocenters. The van der Waals surface area contributed by atoms with E-state index in [0.29, 0.717) is 16.7 Å². The Hall–Kier alpha value is -2.54. The lowest BCUT2D eigenvalue weighted by molar-refractivity contribution is -0.123. The van der Waals surface area contributed by atoms with E-state index < -0.39 is 6.04 Å². The zero-order chi connectivity index (χ0) is 19.6. The van der Waals surface area contributed by atoms with Gasteiger partial charge in [0.25, 0.3) is 0 Å². The van der Waals surface area contributed by atoms with Crippen LogP contribution in [0.5, 0.6) is 0 Å². The van der Waals surface area contributed by atoms with E-state index in [0.717, 1.165) is 24.6 Å². The van der Waals surface area contributed by atoms with E-state index in [-0.39, 0.29) is 11.7 Å². The monoisotopic (exact) mass is 385 g/mol. The summed E-state index contributed by atoms with van der Waals surface area (Å²) in [6.07, 6.45) is 8.21. The predicted octanol–water partition coefficient (Wildman–Crippen LogP) is 3.87. The Labute approximate surface area is 165 Å². The fourth-order valence-corrected chi connectivity index (χ4v) is 3.24. The molecule has 2 aromatic rings. The third-order valence-corrected chi connectivity index (χ3v) is 4.86. The van der Waals surface area contributed by atoms with E-state index >= 15 is 0 Å². The van der Waals surface area contributed by atoms with Gasteiger partial charge in [-0.1, -0.05) is 75.2 Å². The first kappa shape index (κ1) is 20.8. The molecule has 1 heterocycles. The second kappa shape index (κ2) is 10.6. The van der Waals surface area contributed by atoms with Crippen molar-refractivity contribution in [3.63, 3.8) is 0 Å². The Bertz CT molecular complexity index is 819. The molecule has 0 radical (unpaired) electrons. The van der Waals surface area contributed by atoms with E-state index in [9.17, 15) is 4.79 Å². The van der Waals surface area contributed by atoms with Crippen LogP contribution in [-0.2, 0) is 4.79 Å². The van der Waals surface area contributed by atoms with Gasteiger partial charge in [0.1, 0.15) is 16.5 Å². The van der Waals surface area contributed by atoms with Crippen LogP contribution in [0.15, 0.2) is 36.7 Å². The molecule has 0 aliphatic rings. The smallest absolute Gasteiger partial charge is 0.247 e. The van der Waals surface area contributed by atoms with Crippen LogP contribution in [0, 0.1) is 10.0 Å². The van der Waals surface area contributed by atoms with Crippen LogP contribution in [0.1, 0.15) is 56.2 Å². The van der Waals surface area contributed by atoms with Gasteiger partial charge in [0.2, 0.25) is 5.91 Å². The minimum absolute atomic E-state index is 0.143. The topological polar surface area (TPSA) is 96.8 Å². The second-order valence-electron chi connectivity index (χ2n) is 6.42. The van der Waals surface area contributed by atoms with Gasteiger partial charge in [-0.3, -0.25) is 4.79 Å². The number of unbranched alkanes of at least 4 members (excludes halogenated alkanes) is 4. The van der Waals surface area contributed by atoms with E-state index in [4.69, 9.17) is 23.4 Å². The first-order valence-electron chi connectivity index (χ1n) is 9.29. The number of rotatable bonds is 10. The molecule has 0 fully saturated rings.